The van der Waals surface area contributed by atoms with E-state index in [4.69, 9.17) is 5.73 Å². The highest BCUT2D eigenvalue weighted by atomic mass is 32.2. The van der Waals surface area contributed by atoms with E-state index in [1.165, 1.54) is 0 Å². The largest absolute Gasteiger partial charge is 0.398 e. The lowest BCUT2D eigenvalue weighted by atomic mass is 10.1. The number of nitrogens with one attached hydrogen (secondary N) is 1. The fourth-order valence-electron chi connectivity index (χ4n) is 2.12. The smallest absolute Gasteiger partial charge is 0.242 e. The summed E-state index contributed by atoms with van der Waals surface area (Å²) in [7, 11) is -3.52. The maximum Gasteiger partial charge on any atom is 0.242 e. The molecule has 1 aromatic rings. The van der Waals surface area contributed by atoms with Gasteiger partial charge in [-0.05, 0) is 43.4 Å². The SMILES string of the molecule is Cc1ccc(N)c(S(=O)(=O)NCCCCC(C)C)c1C. The van der Waals surface area contributed by atoms with Gasteiger partial charge in [0.1, 0.15) is 4.90 Å². The Morgan fingerprint density at radius 2 is 1.85 bits per heavy atom. The third-order valence-electron chi connectivity index (χ3n) is 3.48. The summed E-state index contributed by atoms with van der Waals surface area (Å²) in [5.41, 5.74) is 7.79. The van der Waals surface area contributed by atoms with E-state index in [1.807, 2.05) is 13.0 Å². The number of unbranched alkanes of at least 4 members (excludes halogenated alkanes) is 1. The monoisotopic (exact) mass is 298 g/mol. The molecule has 0 spiro atoms. The van der Waals surface area contributed by atoms with Gasteiger partial charge in [0.15, 0.2) is 0 Å². The van der Waals surface area contributed by atoms with Gasteiger partial charge in [0.05, 0.1) is 5.69 Å². The van der Waals surface area contributed by atoms with Crippen molar-refractivity contribution < 1.29 is 8.42 Å². The second-order valence-corrected chi connectivity index (χ2v) is 7.42. The van der Waals surface area contributed by atoms with E-state index >= 15 is 0 Å². The molecule has 20 heavy (non-hydrogen) atoms. The van der Waals surface area contributed by atoms with Crippen molar-refractivity contribution in [2.75, 3.05) is 12.3 Å². The van der Waals surface area contributed by atoms with E-state index in [1.54, 1.807) is 13.0 Å². The summed E-state index contributed by atoms with van der Waals surface area (Å²) in [6.45, 7) is 8.47. The Kier molecular flexibility index (Phi) is 6.02. The lowest BCUT2D eigenvalue weighted by molar-refractivity contribution is 0.530. The molecule has 0 aliphatic heterocycles. The van der Waals surface area contributed by atoms with Crippen LogP contribution in [0.3, 0.4) is 0 Å². The minimum atomic E-state index is -3.52. The van der Waals surface area contributed by atoms with Crippen LogP contribution in [0.2, 0.25) is 0 Å². The molecule has 1 aromatic carbocycles. The normalized spacial score (nSPS) is 12.1. The van der Waals surface area contributed by atoms with Crippen molar-refractivity contribution in [3.05, 3.63) is 23.3 Å². The molecule has 1 rings (SSSR count). The van der Waals surface area contributed by atoms with Crippen molar-refractivity contribution in [2.45, 2.75) is 51.9 Å². The molecule has 0 heterocycles. The summed E-state index contributed by atoms with van der Waals surface area (Å²) in [4.78, 5) is 0.223. The van der Waals surface area contributed by atoms with Crippen LogP contribution in [0.1, 0.15) is 44.2 Å². The molecule has 0 saturated carbocycles. The summed E-state index contributed by atoms with van der Waals surface area (Å²) in [6.07, 6.45) is 3.00. The molecule has 0 atom stereocenters. The van der Waals surface area contributed by atoms with Gasteiger partial charge in [-0.3, -0.25) is 0 Å². The summed E-state index contributed by atoms with van der Waals surface area (Å²) in [5.74, 6) is 0.654. The molecular weight excluding hydrogens is 272 g/mol. The summed E-state index contributed by atoms with van der Waals surface area (Å²) < 4.78 is 27.3. The quantitative estimate of drug-likeness (QED) is 0.600. The minimum absolute atomic E-state index is 0.223. The van der Waals surface area contributed by atoms with Crippen LogP contribution in [0.15, 0.2) is 17.0 Å². The van der Waals surface area contributed by atoms with Crippen LogP contribution in [0.4, 0.5) is 5.69 Å². The number of benzene rings is 1. The highest BCUT2D eigenvalue weighted by Gasteiger charge is 2.20. The number of hydrogen-bond acceptors (Lipinski definition) is 3. The van der Waals surface area contributed by atoms with Crippen molar-refractivity contribution in [3.8, 4) is 0 Å². The maximum atomic E-state index is 12.3. The van der Waals surface area contributed by atoms with Crippen LogP contribution >= 0.6 is 0 Å². The molecule has 0 radical (unpaired) electrons. The lowest BCUT2D eigenvalue weighted by Gasteiger charge is -2.13. The van der Waals surface area contributed by atoms with Crippen molar-refractivity contribution >= 4 is 15.7 Å². The lowest BCUT2D eigenvalue weighted by Crippen LogP contribution is -2.26. The number of rotatable bonds is 7. The zero-order valence-electron chi connectivity index (χ0n) is 12.9. The third-order valence-corrected chi connectivity index (χ3v) is 5.14. The van der Waals surface area contributed by atoms with Gasteiger partial charge in [-0.25, -0.2) is 13.1 Å². The molecule has 0 amide bonds. The minimum Gasteiger partial charge on any atom is -0.398 e. The topological polar surface area (TPSA) is 72.2 Å². The molecule has 0 unspecified atom stereocenters. The van der Waals surface area contributed by atoms with Gasteiger partial charge in [-0.15, -0.1) is 0 Å². The first-order valence-electron chi connectivity index (χ1n) is 7.11. The van der Waals surface area contributed by atoms with E-state index < -0.39 is 10.0 Å². The van der Waals surface area contributed by atoms with E-state index in [2.05, 4.69) is 18.6 Å². The number of hydrogen-bond donors (Lipinski definition) is 2. The highest BCUT2D eigenvalue weighted by molar-refractivity contribution is 7.89. The molecule has 0 aliphatic rings. The Hall–Kier alpha value is -1.07. The Morgan fingerprint density at radius 3 is 2.45 bits per heavy atom. The maximum absolute atomic E-state index is 12.3. The highest BCUT2D eigenvalue weighted by Crippen LogP contribution is 2.25. The van der Waals surface area contributed by atoms with Gasteiger partial charge < -0.3 is 5.73 Å². The Labute approximate surface area is 122 Å². The zero-order valence-corrected chi connectivity index (χ0v) is 13.7. The summed E-state index contributed by atoms with van der Waals surface area (Å²) >= 11 is 0. The molecular formula is C15H26N2O2S. The fourth-order valence-corrected chi connectivity index (χ4v) is 3.62. The van der Waals surface area contributed by atoms with Crippen LogP contribution in [0, 0.1) is 19.8 Å². The van der Waals surface area contributed by atoms with E-state index in [9.17, 15) is 8.42 Å². The molecule has 114 valence electrons. The van der Waals surface area contributed by atoms with Crippen LogP contribution in [0.5, 0.6) is 0 Å². The molecule has 5 heteroatoms. The van der Waals surface area contributed by atoms with E-state index in [-0.39, 0.29) is 4.90 Å². The average Bonchev–Trinajstić information content (AvgIpc) is 2.33. The van der Waals surface area contributed by atoms with Gasteiger partial charge in [0, 0.05) is 6.54 Å². The van der Waals surface area contributed by atoms with E-state index in [0.717, 1.165) is 30.4 Å². The van der Waals surface area contributed by atoms with Gasteiger partial charge in [-0.1, -0.05) is 32.8 Å². The van der Waals surface area contributed by atoms with E-state index in [0.29, 0.717) is 18.2 Å². The Bertz CT molecular complexity index is 551. The van der Waals surface area contributed by atoms with Crippen LogP contribution < -0.4 is 10.5 Å². The number of aryl methyl sites for hydroxylation is 1. The van der Waals surface area contributed by atoms with Gasteiger partial charge in [0.2, 0.25) is 10.0 Å². The van der Waals surface area contributed by atoms with Crippen LogP contribution in [-0.4, -0.2) is 15.0 Å². The molecule has 0 saturated heterocycles. The molecule has 4 nitrogen and oxygen atoms in total. The van der Waals surface area contributed by atoms with Gasteiger partial charge in [-0.2, -0.15) is 0 Å². The second kappa shape index (κ2) is 7.09. The number of anilines is 1. The van der Waals surface area contributed by atoms with Crippen molar-refractivity contribution in [1.82, 2.24) is 4.72 Å². The predicted octanol–water partition coefficient (Wildman–Crippen LogP) is 2.99. The van der Waals surface area contributed by atoms with Crippen LogP contribution in [0.25, 0.3) is 0 Å². The molecule has 0 bridgehead atoms. The predicted molar refractivity (Wildman–Crippen MR) is 84.2 cm³/mol. The number of sulfonamides is 1. The second-order valence-electron chi connectivity index (χ2n) is 5.71. The molecule has 3 N–H and O–H groups in total. The van der Waals surface area contributed by atoms with Crippen molar-refractivity contribution in [2.24, 2.45) is 5.92 Å². The molecule has 0 aliphatic carbocycles. The first-order valence-corrected chi connectivity index (χ1v) is 8.59. The van der Waals surface area contributed by atoms with Crippen molar-refractivity contribution in [1.29, 1.82) is 0 Å². The standard InChI is InChI=1S/C15H26N2O2S/c1-11(2)7-5-6-10-17-20(18,19)15-13(4)12(3)8-9-14(15)16/h8-9,11,17H,5-7,10,16H2,1-4H3. The Balaban J connectivity index is 2.73. The Morgan fingerprint density at radius 1 is 1.20 bits per heavy atom. The molecule has 0 aromatic heterocycles. The average molecular weight is 298 g/mol. The number of nitrogen functional groups attached to an aromatic ring is 1. The summed E-state index contributed by atoms with van der Waals surface area (Å²) in [6, 6.07) is 3.49. The van der Waals surface area contributed by atoms with Crippen molar-refractivity contribution in [3.63, 3.8) is 0 Å². The van der Waals surface area contributed by atoms with Gasteiger partial charge in [0.25, 0.3) is 0 Å². The zero-order chi connectivity index (χ0) is 15.3. The first-order chi connectivity index (χ1) is 9.25. The van der Waals surface area contributed by atoms with Crippen LogP contribution in [-0.2, 0) is 10.0 Å². The summed E-state index contributed by atoms with van der Waals surface area (Å²) in [5, 5.41) is 0. The third kappa shape index (κ3) is 4.49. The fraction of sp³-hybridized carbons (Fsp3) is 0.600. The molecule has 0 fully saturated rings. The van der Waals surface area contributed by atoms with Gasteiger partial charge >= 0.3 is 0 Å². The number of nitrogens with two attached hydrogens (primary N) is 1. The first kappa shape index (κ1) is 17.0.